The normalized spacial score (nSPS) is 14.7. The monoisotopic (exact) mass is 310 g/mol. The number of nitrogens with zero attached hydrogens (tertiary/aromatic N) is 3. The van der Waals surface area contributed by atoms with Crippen molar-refractivity contribution in [2.75, 3.05) is 31.6 Å². The van der Waals surface area contributed by atoms with Crippen LogP contribution in [0.15, 0.2) is 5.38 Å². The Labute approximate surface area is 129 Å². The van der Waals surface area contributed by atoms with Gasteiger partial charge in [0, 0.05) is 32.1 Å². The quantitative estimate of drug-likeness (QED) is 0.870. The molecule has 116 valence electrons. The maximum Gasteiger partial charge on any atom is 0.323 e. The molecular formula is C14H22N4O2S. The Balaban J connectivity index is 1.90. The van der Waals surface area contributed by atoms with E-state index in [1.807, 2.05) is 12.4 Å². The molecule has 0 aliphatic carbocycles. The van der Waals surface area contributed by atoms with E-state index in [1.54, 1.807) is 9.80 Å². The van der Waals surface area contributed by atoms with Gasteiger partial charge in [-0.3, -0.25) is 9.69 Å². The smallest absolute Gasteiger partial charge is 0.323 e. The number of thiazole rings is 1. The summed E-state index contributed by atoms with van der Waals surface area (Å²) in [6.45, 7) is 6.33. The highest BCUT2D eigenvalue weighted by Gasteiger charge is 2.24. The average Bonchev–Trinajstić information content (AvgIpc) is 3.04. The SMILES string of the molecule is CC(C)CCN(C)C(=O)Cc1csc(N2CCNC2=O)n1. The van der Waals surface area contributed by atoms with Gasteiger partial charge in [-0.2, -0.15) is 0 Å². The van der Waals surface area contributed by atoms with E-state index in [1.165, 1.54) is 11.3 Å². The van der Waals surface area contributed by atoms with Gasteiger partial charge in [0.1, 0.15) is 0 Å². The number of carbonyl (C=O) groups excluding carboxylic acids is 2. The molecular weight excluding hydrogens is 288 g/mol. The van der Waals surface area contributed by atoms with Crippen molar-refractivity contribution in [3.8, 4) is 0 Å². The van der Waals surface area contributed by atoms with Gasteiger partial charge in [-0.15, -0.1) is 11.3 Å². The van der Waals surface area contributed by atoms with Crippen LogP contribution in [0, 0.1) is 5.92 Å². The molecule has 7 heteroatoms. The number of likely N-dealkylation sites (N-methyl/N-ethyl adjacent to an activating group) is 1. The third-order valence-electron chi connectivity index (χ3n) is 3.43. The number of hydrogen-bond acceptors (Lipinski definition) is 4. The van der Waals surface area contributed by atoms with E-state index >= 15 is 0 Å². The maximum atomic E-state index is 12.1. The summed E-state index contributed by atoms with van der Waals surface area (Å²) in [6, 6.07) is -0.115. The second-order valence-electron chi connectivity index (χ2n) is 5.68. The van der Waals surface area contributed by atoms with Crippen molar-refractivity contribution in [2.45, 2.75) is 26.7 Å². The summed E-state index contributed by atoms with van der Waals surface area (Å²) in [4.78, 5) is 31.4. The van der Waals surface area contributed by atoms with Gasteiger partial charge in [-0.1, -0.05) is 13.8 Å². The first-order valence-electron chi connectivity index (χ1n) is 7.21. The molecule has 1 N–H and O–H groups in total. The van der Waals surface area contributed by atoms with E-state index < -0.39 is 0 Å². The Hall–Kier alpha value is -1.63. The molecule has 0 aromatic carbocycles. The van der Waals surface area contributed by atoms with Crippen LogP contribution < -0.4 is 10.2 Å². The van der Waals surface area contributed by atoms with Crippen LogP contribution >= 0.6 is 11.3 Å². The van der Waals surface area contributed by atoms with Crippen LogP contribution in [0.5, 0.6) is 0 Å². The van der Waals surface area contributed by atoms with E-state index in [-0.39, 0.29) is 11.9 Å². The molecule has 1 fully saturated rings. The van der Waals surface area contributed by atoms with Crippen LogP contribution in [-0.4, -0.2) is 48.5 Å². The number of urea groups is 1. The summed E-state index contributed by atoms with van der Waals surface area (Å²) >= 11 is 1.41. The first kappa shape index (κ1) is 15.8. The largest absolute Gasteiger partial charge is 0.345 e. The van der Waals surface area contributed by atoms with Gasteiger partial charge in [0.2, 0.25) is 5.91 Å². The lowest BCUT2D eigenvalue weighted by atomic mass is 10.1. The molecule has 0 radical (unpaired) electrons. The number of aromatic nitrogens is 1. The van der Waals surface area contributed by atoms with Crippen LogP contribution in [0.25, 0.3) is 0 Å². The Morgan fingerprint density at radius 3 is 2.95 bits per heavy atom. The highest BCUT2D eigenvalue weighted by molar-refractivity contribution is 7.14. The second kappa shape index (κ2) is 6.89. The first-order valence-corrected chi connectivity index (χ1v) is 8.09. The molecule has 0 bridgehead atoms. The fourth-order valence-electron chi connectivity index (χ4n) is 2.02. The van der Waals surface area contributed by atoms with Gasteiger partial charge in [0.05, 0.1) is 12.1 Å². The Kier molecular flexibility index (Phi) is 5.17. The Morgan fingerprint density at radius 2 is 2.33 bits per heavy atom. The highest BCUT2D eigenvalue weighted by Crippen LogP contribution is 2.22. The summed E-state index contributed by atoms with van der Waals surface area (Å²) in [5.41, 5.74) is 0.732. The van der Waals surface area contributed by atoms with Crippen LogP contribution in [0.3, 0.4) is 0 Å². The van der Waals surface area contributed by atoms with Crippen LogP contribution in [-0.2, 0) is 11.2 Å². The third kappa shape index (κ3) is 4.17. The molecule has 3 amide bonds. The summed E-state index contributed by atoms with van der Waals surface area (Å²) in [7, 11) is 1.83. The van der Waals surface area contributed by atoms with Gasteiger partial charge in [-0.25, -0.2) is 9.78 Å². The predicted octanol–water partition coefficient (Wildman–Crippen LogP) is 1.72. The zero-order chi connectivity index (χ0) is 15.4. The van der Waals surface area contributed by atoms with E-state index in [4.69, 9.17) is 0 Å². The van der Waals surface area contributed by atoms with Crippen LogP contribution in [0.2, 0.25) is 0 Å². The molecule has 0 spiro atoms. The molecule has 1 aliphatic heterocycles. The lowest BCUT2D eigenvalue weighted by Gasteiger charge is -2.17. The molecule has 2 heterocycles. The molecule has 1 saturated heterocycles. The van der Waals surface area contributed by atoms with Crippen molar-refractivity contribution in [1.29, 1.82) is 0 Å². The number of nitrogens with one attached hydrogen (secondary N) is 1. The average molecular weight is 310 g/mol. The zero-order valence-corrected chi connectivity index (χ0v) is 13.6. The van der Waals surface area contributed by atoms with E-state index in [0.717, 1.165) is 18.7 Å². The molecule has 0 atom stereocenters. The molecule has 1 aliphatic rings. The molecule has 2 rings (SSSR count). The minimum atomic E-state index is -0.115. The van der Waals surface area contributed by atoms with Crippen molar-refractivity contribution in [2.24, 2.45) is 5.92 Å². The third-order valence-corrected chi connectivity index (χ3v) is 4.34. The minimum absolute atomic E-state index is 0.0679. The fraction of sp³-hybridized carbons (Fsp3) is 0.643. The summed E-state index contributed by atoms with van der Waals surface area (Å²) in [5, 5.41) is 5.26. The fourth-order valence-corrected chi connectivity index (χ4v) is 2.87. The maximum absolute atomic E-state index is 12.1. The van der Waals surface area contributed by atoms with Crippen molar-refractivity contribution >= 4 is 28.4 Å². The number of carbonyl (C=O) groups is 2. The summed E-state index contributed by atoms with van der Waals surface area (Å²) in [6.07, 6.45) is 1.29. The van der Waals surface area contributed by atoms with Gasteiger partial charge in [0.15, 0.2) is 5.13 Å². The summed E-state index contributed by atoms with van der Waals surface area (Å²) < 4.78 is 0. The minimum Gasteiger partial charge on any atom is -0.345 e. The first-order chi connectivity index (χ1) is 9.97. The van der Waals surface area contributed by atoms with Gasteiger partial charge >= 0.3 is 6.03 Å². The molecule has 1 aromatic heterocycles. The van der Waals surface area contributed by atoms with Gasteiger partial charge < -0.3 is 10.2 Å². The standard InChI is InChI=1S/C14H22N4O2S/c1-10(2)4-6-17(3)12(19)8-11-9-21-14(16-11)18-7-5-15-13(18)20/h9-10H,4-8H2,1-3H3,(H,15,20). The lowest BCUT2D eigenvalue weighted by molar-refractivity contribution is -0.129. The topological polar surface area (TPSA) is 65.5 Å². The molecule has 21 heavy (non-hydrogen) atoms. The Morgan fingerprint density at radius 1 is 1.57 bits per heavy atom. The van der Waals surface area contributed by atoms with Crippen molar-refractivity contribution < 1.29 is 9.59 Å². The second-order valence-corrected chi connectivity index (χ2v) is 6.52. The van der Waals surface area contributed by atoms with E-state index in [0.29, 0.717) is 30.6 Å². The molecule has 1 aromatic rings. The van der Waals surface area contributed by atoms with Crippen LogP contribution in [0.4, 0.5) is 9.93 Å². The molecule has 6 nitrogen and oxygen atoms in total. The molecule has 0 saturated carbocycles. The zero-order valence-electron chi connectivity index (χ0n) is 12.8. The number of amides is 3. The highest BCUT2D eigenvalue weighted by atomic mass is 32.1. The predicted molar refractivity (Wildman–Crippen MR) is 83.7 cm³/mol. The lowest BCUT2D eigenvalue weighted by Crippen LogP contribution is -2.30. The van der Waals surface area contributed by atoms with Crippen molar-refractivity contribution in [1.82, 2.24) is 15.2 Å². The van der Waals surface area contributed by atoms with Gasteiger partial charge in [0.25, 0.3) is 0 Å². The molecule has 0 unspecified atom stereocenters. The number of anilines is 1. The van der Waals surface area contributed by atoms with E-state index in [2.05, 4.69) is 24.1 Å². The van der Waals surface area contributed by atoms with Crippen molar-refractivity contribution in [3.05, 3.63) is 11.1 Å². The van der Waals surface area contributed by atoms with Crippen LogP contribution in [0.1, 0.15) is 26.0 Å². The number of rotatable bonds is 6. The Bertz CT molecular complexity index is 515. The van der Waals surface area contributed by atoms with Crippen molar-refractivity contribution in [3.63, 3.8) is 0 Å². The van der Waals surface area contributed by atoms with E-state index in [9.17, 15) is 9.59 Å². The number of hydrogen-bond donors (Lipinski definition) is 1. The summed E-state index contributed by atoms with van der Waals surface area (Å²) in [5.74, 6) is 0.651. The van der Waals surface area contributed by atoms with Gasteiger partial charge in [-0.05, 0) is 12.3 Å².